The Labute approximate surface area is 135 Å². The molecule has 2 aliphatic heterocycles. The van der Waals surface area contributed by atoms with E-state index in [2.05, 4.69) is 23.2 Å². The number of benzene rings is 1. The van der Waals surface area contributed by atoms with Gasteiger partial charge in [0.15, 0.2) is 0 Å². The van der Waals surface area contributed by atoms with E-state index in [9.17, 15) is 0 Å². The number of halogens is 2. The van der Waals surface area contributed by atoms with Gasteiger partial charge >= 0.3 is 0 Å². The lowest BCUT2D eigenvalue weighted by molar-refractivity contribution is 0.131. The smallest absolute Gasteiger partial charge is 0.106 e. The summed E-state index contributed by atoms with van der Waals surface area (Å²) in [6, 6.07) is 7.18. The van der Waals surface area contributed by atoms with Crippen LogP contribution in [0.2, 0.25) is 10.0 Å². The lowest BCUT2D eigenvalue weighted by Crippen LogP contribution is -2.46. The average molecular weight is 327 g/mol. The molecule has 2 aliphatic rings. The summed E-state index contributed by atoms with van der Waals surface area (Å²) in [6.07, 6.45) is 5.58. The van der Waals surface area contributed by atoms with Gasteiger partial charge in [-0.2, -0.15) is 0 Å². The van der Waals surface area contributed by atoms with Crippen molar-refractivity contribution in [2.45, 2.75) is 37.3 Å². The lowest BCUT2D eigenvalue weighted by Gasteiger charge is -2.41. The minimum absolute atomic E-state index is 0.353. The van der Waals surface area contributed by atoms with E-state index in [0.29, 0.717) is 34.0 Å². The van der Waals surface area contributed by atoms with E-state index in [1.54, 1.807) is 7.11 Å². The molecule has 0 radical (unpaired) electrons. The van der Waals surface area contributed by atoms with Crippen LogP contribution in [-0.2, 0) is 4.84 Å². The number of piperidine rings is 1. The molecule has 0 N–H and O–H groups in total. The van der Waals surface area contributed by atoms with Crippen LogP contribution in [0.4, 0.5) is 0 Å². The van der Waals surface area contributed by atoms with Gasteiger partial charge in [-0.05, 0) is 49.9 Å². The second kappa shape index (κ2) is 6.15. The maximum absolute atomic E-state index is 6.20. The molecule has 3 nitrogen and oxygen atoms in total. The van der Waals surface area contributed by atoms with Crippen molar-refractivity contribution in [3.8, 4) is 0 Å². The summed E-state index contributed by atoms with van der Waals surface area (Å²) in [4.78, 5) is 7.42. The van der Waals surface area contributed by atoms with Crippen molar-refractivity contribution in [3.05, 3.63) is 33.8 Å². The van der Waals surface area contributed by atoms with Gasteiger partial charge < -0.3 is 4.84 Å². The third-order valence-corrected chi connectivity index (χ3v) is 5.78. The highest BCUT2D eigenvalue weighted by Crippen LogP contribution is 2.46. The second-order valence-electron chi connectivity index (χ2n) is 5.99. The van der Waals surface area contributed by atoms with Crippen molar-refractivity contribution in [3.63, 3.8) is 0 Å². The summed E-state index contributed by atoms with van der Waals surface area (Å²) in [7, 11) is 3.82. The topological polar surface area (TPSA) is 24.8 Å². The van der Waals surface area contributed by atoms with Crippen LogP contribution in [-0.4, -0.2) is 37.4 Å². The Morgan fingerprint density at radius 2 is 2.10 bits per heavy atom. The lowest BCUT2D eigenvalue weighted by atomic mass is 9.77. The second-order valence-corrected chi connectivity index (χ2v) is 6.81. The molecule has 21 heavy (non-hydrogen) atoms. The van der Waals surface area contributed by atoms with Gasteiger partial charge in [0.05, 0.1) is 10.0 Å². The molecule has 114 valence electrons. The van der Waals surface area contributed by atoms with E-state index in [4.69, 9.17) is 28.0 Å². The molecule has 0 spiro atoms. The van der Waals surface area contributed by atoms with Crippen LogP contribution in [0.3, 0.4) is 0 Å². The van der Waals surface area contributed by atoms with Crippen LogP contribution in [0.1, 0.15) is 30.7 Å². The van der Waals surface area contributed by atoms with Gasteiger partial charge in [-0.15, -0.1) is 0 Å². The van der Waals surface area contributed by atoms with Crippen molar-refractivity contribution in [2.24, 2.45) is 11.1 Å². The maximum atomic E-state index is 6.20. The Morgan fingerprint density at radius 1 is 1.29 bits per heavy atom. The first-order valence-electron chi connectivity index (χ1n) is 7.35. The standard InChI is InChI=1S/C16H20Cl2N2O/c1-20-11-4-6-16(20)13(9-19-21-2)12(8-11)10-3-5-14(17)15(18)7-10/h3,5,7,9,11-13,16H,4,6,8H2,1-2H3/t11-,12-,13-,16?/m1/s1. The molecule has 4 atom stereocenters. The largest absolute Gasteiger partial charge is 0.399 e. The predicted octanol–water partition coefficient (Wildman–Crippen LogP) is 4.19. The Morgan fingerprint density at radius 3 is 2.81 bits per heavy atom. The summed E-state index contributed by atoms with van der Waals surface area (Å²) in [5.41, 5.74) is 1.25. The van der Waals surface area contributed by atoms with Crippen LogP contribution < -0.4 is 0 Å². The number of hydrogen-bond donors (Lipinski definition) is 0. The third-order valence-electron chi connectivity index (χ3n) is 5.04. The fraction of sp³-hybridized carbons (Fsp3) is 0.562. The van der Waals surface area contributed by atoms with Gasteiger partial charge in [-0.1, -0.05) is 34.4 Å². The number of nitrogens with zero attached hydrogens (tertiary/aromatic N) is 2. The molecule has 0 aliphatic carbocycles. The molecule has 2 bridgehead atoms. The van der Waals surface area contributed by atoms with E-state index < -0.39 is 0 Å². The van der Waals surface area contributed by atoms with Crippen LogP contribution >= 0.6 is 23.2 Å². The maximum Gasteiger partial charge on any atom is 0.106 e. The van der Waals surface area contributed by atoms with Gasteiger partial charge in [0.1, 0.15) is 7.11 Å². The average Bonchev–Trinajstić information content (AvgIpc) is 2.72. The summed E-state index contributed by atoms with van der Waals surface area (Å²) in [6.45, 7) is 0. The molecule has 1 aromatic rings. The molecule has 0 saturated carbocycles. The molecule has 2 saturated heterocycles. The SMILES string of the molecule is CON=C[C@H]1C2CC[C@H](C[C@@H]1c1ccc(Cl)c(Cl)c1)N2C. The number of rotatable bonds is 3. The summed E-state index contributed by atoms with van der Waals surface area (Å²) < 4.78 is 0. The zero-order valence-electron chi connectivity index (χ0n) is 12.3. The summed E-state index contributed by atoms with van der Waals surface area (Å²) in [5, 5.41) is 5.29. The third kappa shape index (κ3) is 2.79. The molecule has 0 amide bonds. The molecule has 2 heterocycles. The molecule has 5 heteroatoms. The van der Waals surface area contributed by atoms with Crippen molar-refractivity contribution < 1.29 is 4.84 Å². The highest BCUT2D eigenvalue weighted by molar-refractivity contribution is 6.42. The van der Waals surface area contributed by atoms with Crippen molar-refractivity contribution in [1.82, 2.24) is 4.90 Å². The summed E-state index contributed by atoms with van der Waals surface area (Å²) in [5.74, 6) is 0.776. The first kappa shape index (κ1) is 15.1. The van der Waals surface area contributed by atoms with Gasteiger partial charge in [0.25, 0.3) is 0 Å². The van der Waals surface area contributed by atoms with Gasteiger partial charge in [-0.3, -0.25) is 4.90 Å². The van der Waals surface area contributed by atoms with Crippen LogP contribution in [0.15, 0.2) is 23.4 Å². The highest BCUT2D eigenvalue weighted by atomic mass is 35.5. The van der Waals surface area contributed by atoms with Gasteiger partial charge in [0.2, 0.25) is 0 Å². The highest BCUT2D eigenvalue weighted by Gasteiger charge is 2.45. The minimum Gasteiger partial charge on any atom is -0.399 e. The summed E-state index contributed by atoms with van der Waals surface area (Å²) >= 11 is 12.2. The molecule has 1 unspecified atom stereocenters. The first-order chi connectivity index (χ1) is 10.1. The number of fused-ring (bicyclic) bond motifs is 2. The van der Waals surface area contributed by atoms with Crippen molar-refractivity contribution in [2.75, 3.05) is 14.2 Å². The monoisotopic (exact) mass is 326 g/mol. The minimum atomic E-state index is 0.353. The fourth-order valence-corrected chi connectivity index (χ4v) is 4.25. The van der Waals surface area contributed by atoms with Gasteiger partial charge in [0, 0.05) is 24.2 Å². The van der Waals surface area contributed by atoms with E-state index in [0.717, 1.165) is 6.42 Å². The van der Waals surface area contributed by atoms with Crippen LogP contribution in [0.25, 0.3) is 0 Å². The zero-order chi connectivity index (χ0) is 15.0. The zero-order valence-corrected chi connectivity index (χ0v) is 13.8. The Kier molecular flexibility index (Phi) is 4.43. The first-order valence-corrected chi connectivity index (χ1v) is 8.11. The molecule has 1 aromatic carbocycles. The number of hydrogen-bond acceptors (Lipinski definition) is 3. The van der Waals surface area contributed by atoms with E-state index in [-0.39, 0.29) is 0 Å². The number of oxime groups is 1. The van der Waals surface area contributed by atoms with Crippen LogP contribution in [0, 0.1) is 5.92 Å². The Balaban J connectivity index is 1.94. The normalized spacial score (nSPS) is 32.8. The quantitative estimate of drug-likeness (QED) is 0.614. The van der Waals surface area contributed by atoms with Gasteiger partial charge in [-0.25, -0.2) is 0 Å². The van der Waals surface area contributed by atoms with E-state index in [1.165, 1.54) is 18.4 Å². The van der Waals surface area contributed by atoms with E-state index >= 15 is 0 Å². The molecular weight excluding hydrogens is 307 g/mol. The molecule has 0 aromatic heterocycles. The Bertz CT molecular complexity index is 549. The van der Waals surface area contributed by atoms with Crippen molar-refractivity contribution in [1.29, 1.82) is 0 Å². The molecule has 3 rings (SSSR count). The predicted molar refractivity (Wildman–Crippen MR) is 87.4 cm³/mol. The van der Waals surface area contributed by atoms with Crippen LogP contribution in [0.5, 0.6) is 0 Å². The van der Waals surface area contributed by atoms with Crippen molar-refractivity contribution >= 4 is 29.4 Å². The molecule has 2 fully saturated rings. The Hall–Kier alpha value is -0.770. The fourth-order valence-electron chi connectivity index (χ4n) is 3.94. The molecular formula is C16H20Cl2N2O. The van der Waals surface area contributed by atoms with E-state index in [1.807, 2.05) is 18.3 Å².